The number of hydrogen-bond donors (Lipinski definition) is 1. The van der Waals surface area contributed by atoms with Gasteiger partial charge in [0, 0.05) is 10.6 Å². The summed E-state index contributed by atoms with van der Waals surface area (Å²) in [7, 11) is 0. The van der Waals surface area contributed by atoms with Gasteiger partial charge in [0.2, 0.25) is 0 Å². The van der Waals surface area contributed by atoms with E-state index in [0.29, 0.717) is 10.6 Å². The van der Waals surface area contributed by atoms with Gasteiger partial charge < -0.3 is 5.11 Å². The van der Waals surface area contributed by atoms with Gasteiger partial charge in [0.15, 0.2) is 0 Å². The summed E-state index contributed by atoms with van der Waals surface area (Å²) in [5, 5.41) is 8.99. The highest BCUT2D eigenvalue weighted by Crippen LogP contribution is 2.27. The predicted molar refractivity (Wildman–Crippen MR) is 69.4 cm³/mol. The third kappa shape index (κ3) is 2.90. The van der Waals surface area contributed by atoms with Crippen LogP contribution in [0.5, 0.6) is 0 Å². The Balaban J connectivity index is 2.20. The highest BCUT2D eigenvalue weighted by atomic mass is 32.2. The van der Waals surface area contributed by atoms with Crippen molar-refractivity contribution in [2.24, 2.45) is 0 Å². The first-order chi connectivity index (χ1) is 8.68. The van der Waals surface area contributed by atoms with E-state index in [1.807, 2.05) is 30.3 Å². The average molecular weight is 262 g/mol. The second-order valence-electron chi connectivity index (χ2n) is 3.69. The lowest BCUT2D eigenvalue weighted by atomic mass is 10.2. The molecule has 2 aromatic carbocycles. The Kier molecular flexibility index (Phi) is 3.99. The van der Waals surface area contributed by atoms with E-state index in [1.54, 1.807) is 6.07 Å². The summed E-state index contributed by atoms with van der Waals surface area (Å²) < 4.78 is 13.4. The zero-order valence-corrected chi connectivity index (χ0v) is 10.3. The van der Waals surface area contributed by atoms with Gasteiger partial charge in [0.25, 0.3) is 0 Å². The summed E-state index contributed by atoms with van der Waals surface area (Å²) in [6, 6.07) is 14.0. The van der Waals surface area contributed by atoms with Gasteiger partial charge in [-0.2, -0.15) is 0 Å². The van der Waals surface area contributed by atoms with Gasteiger partial charge in [-0.05, 0) is 17.7 Å². The molecule has 0 amide bonds. The van der Waals surface area contributed by atoms with Crippen LogP contribution in [0.2, 0.25) is 0 Å². The van der Waals surface area contributed by atoms with Crippen LogP contribution < -0.4 is 0 Å². The minimum Gasteiger partial charge on any atom is -0.478 e. The van der Waals surface area contributed by atoms with E-state index in [9.17, 15) is 9.18 Å². The topological polar surface area (TPSA) is 37.3 Å². The number of rotatable bonds is 4. The standard InChI is InChI=1S/C14H11FO2S/c15-11-7-4-8-12(13(11)14(16)17)18-9-10-5-2-1-3-6-10/h1-8H,9H2,(H,16,17). The normalized spacial score (nSPS) is 10.3. The molecule has 92 valence electrons. The molecule has 0 aliphatic carbocycles. The van der Waals surface area contributed by atoms with Crippen molar-refractivity contribution in [1.82, 2.24) is 0 Å². The first-order valence-corrected chi connectivity index (χ1v) is 6.35. The van der Waals surface area contributed by atoms with Crippen LogP contribution >= 0.6 is 11.8 Å². The molecular weight excluding hydrogens is 251 g/mol. The highest BCUT2D eigenvalue weighted by molar-refractivity contribution is 7.98. The molecule has 0 aliphatic heterocycles. The molecule has 0 aliphatic rings. The maximum Gasteiger partial charge on any atom is 0.339 e. The fourth-order valence-electron chi connectivity index (χ4n) is 1.57. The number of carbonyl (C=O) groups is 1. The minimum atomic E-state index is -1.23. The van der Waals surface area contributed by atoms with Gasteiger partial charge in [-0.3, -0.25) is 0 Å². The Morgan fingerprint density at radius 3 is 2.50 bits per heavy atom. The summed E-state index contributed by atoms with van der Waals surface area (Å²) in [5.41, 5.74) is 0.821. The van der Waals surface area contributed by atoms with Gasteiger partial charge >= 0.3 is 5.97 Å². The largest absolute Gasteiger partial charge is 0.478 e. The second kappa shape index (κ2) is 5.69. The first kappa shape index (κ1) is 12.6. The summed E-state index contributed by atoms with van der Waals surface area (Å²) in [4.78, 5) is 11.5. The predicted octanol–water partition coefficient (Wildman–Crippen LogP) is 3.82. The third-order valence-corrected chi connectivity index (χ3v) is 3.56. The lowest BCUT2D eigenvalue weighted by Gasteiger charge is -2.06. The molecule has 0 unspecified atom stereocenters. The van der Waals surface area contributed by atoms with Gasteiger partial charge in [-0.1, -0.05) is 36.4 Å². The van der Waals surface area contributed by atoms with Crippen LogP contribution in [0.15, 0.2) is 53.4 Å². The fourth-order valence-corrected chi connectivity index (χ4v) is 2.59. The molecule has 0 saturated heterocycles. The van der Waals surface area contributed by atoms with Crippen LogP contribution in [0.1, 0.15) is 15.9 Å². The van der Waals surface area contributed by atoms with E-state index < -0.39 is 11.8 Å². The van der Waals surface area contributed by atoms with Gasteiger partial charge in [0.05, 0.1) is 0 Å². The van der Waals surface area contributed by atoms with Crippen molar-refractivity contribution < 1.29 is 14.3 Å². The van der Waals surface area contributed by atoms with E-state index in [-0.39, 0.29) is 5.56 Å². The van der Waals surface area contributed by atoms with Crippen LogP contribution in [0.3, 0.4) is 0 Å². The second-order valence-corrected chi connectivity index (χ2v) is 4.71. The van der Waals surface area contributed by atoms with Crippen molar-refractivity contribution in [3.63, 3.8) is 0 Å². The van der Waals surface area contributed by atoms with Crippen molar-refractivity contribution in [3.05, 3.63) is 65.5 Å². The van der Waals surface area contributed by atoms with Gasteiger partial charge in [0.1, 0.15) is 11.4 Å². The van der Waals surface area contributed by atoms with Gasteiger partial charge in [-0.15, -0.1) is 11.8 Å². The average Bonchev–Trinajstić information content (AvgIpc) is 2.37. The van der Waals surface area contributed by atoms with Crippen LogP contribution in [0.4, 0.5) is 4.39 Å². The number of aromatic carboxylic acids is 1. The van der Waals surface area contributed by atoms with E-state index in [4.69, 9.17) is 5.11 Å². The molecule has 18 heavy (non-hydrogen) atoms. The SMILES string of the molecule is O=C(O)c1c(F)cccc1SCc1ccccc1. The molecular formula is C14H11FO2S. The Morgan fingerprint density at radius 2 is 1.83 bits per heavy atom. The van der Waals surface area contributed by atoms with Crippen molar-refractivity contribution in [2.45, 2.75) is 10.6 Å². The van der Waals surface area contributed by atoms with E-state index in [1.165, 1.54) is 17.8 Å². The van der Waals surface area contributed by atoms with E-state index in [0.717, 1.165) is 11.6 Å². The zero-order chi connectivity index (χ0) is 13.0. The molecule has 0 radical (unpaired) electrons. The van der Waals surface area contributed by atoms with Crippen molar-refractivity contribution in [1.29, 1.82) is 0 Å². The third-order valence-electron chi connectivity index (χ3n) is 2.43. The molecule has 0 fully saturated rings. The summed E-state index contributed by atoms with van der Waals surface area (Å²) >= 11 is 1.32. The number of thioether (sulfide) groups is 1. The van der Waals surface area contributed by atoms with Crippen LogP contribution in [-0.2, 0) is 5.75 Å². The molecule has 2 aromatic rings. The Hall–Kier alpha value is -1.81. The maximum absolute atomic E-state index is 13.4. The molecule has 0 atom stereocenters. The Bertz CT molecular complexity index is 555. The molecule has 0 aromatic heterocycles. The summed E-state index contributed by atoms with van der Waals surface area (Å²) in [5.74, 6) is -1.31. The highest BCUT2D eigenvalue weighted by Gasteiger charge is 2.15. The van der Waals surface area contributed by atoms with E-state index in [2.05, 4.69) is 0 Å². The first-order valence-electron chi connectivity index (χ1n) is 5.37. The minimum absolute atomic E-state index is 0.251. The number of halogens is 1. The van der Waals surface area contributed by atoms with Crippen molar-refractivity contribution >= 4 is 17.7 Å². The number of benzene rings is 2. The number of hydrogen-bond acceptors (Lipinski definition) is 2. The molecule has 0 bridgehead atoms. The van der Waals surface area contributed by atoms with Crippen molar-refractivity contribution in [3.8, 4) is 0 Å². The molecule has 2 rings (SSSR count). The molecule has 0 spiro atoms. The fraction of sp³-hybridized carbons (Fsp3) is 0.0714. The number of carboxylic acid groups (broad SMARTS) is 1. The smallest absolute Gasteiger partial charge is 0.339 e. The monoisotopic (exact) mass is 262 g/mol. The molecule has 2 nitrogen and oxygen atoms in total. The van der Waals surface area contributed by atoms with Gasteiger partial charge in [-0.25, -0.2) is 9.18 Å². The maximum atomic E-state index is 13.4. The summed E-state index contributed by atoms with van der Waals surface area (Å²) in [6.45, 7) is 0. The lowest BCUT2D eigenvalue weighted by Crippen LogP contribution is -2.02. The van der Waals surface area contributed by atoms with Crippen molar-refractivity contribution in [2.75, 3.05) is 0 Å². The van der Waals surface area contributed by atoms with Crippen LogP contribution in [0, 0.1) is 5.82 Å². The molecule has 4 heteroatoms. The summed E-state index contributed by atoms with van der Waals surface area (Å²) in [6.07, 6.45) is 0. The molecule has 0 saturated carbocycles. The number of carboxylic acids is 1. The van der Waals surface area contributed by atoms with E-state index >= 15 is 0 Å². The molecule has 1 N–H and O–H groups in total. The lowest BCUT2D eigenvalue weighted by molar-refractivity contribution is 0.0688. The Labute approximate surface area is 108 Å². The van der Waals surface area contributed by atoms with Crippen LogP contribution in [-0.4, -0.2) is 11.1 Å². The quantitative estimate of drug-likeness (QED) is 0.851. The zero-order valence-electron chi connectivity index (χ0n) is 9.47. The Morgan fingerprint density at radius 1 is 1.11 bits per heavy atom. The molecule has 0 heterocycles. The van der Waals surface area contributed by atoms with Crippen LogP contribution in [0.25, 0.3) is 0 Å².